The molecule has 10 heteroatoms. The zero-order valence-electron chi connectivity index (χ0n) is 20.8. The molecule has 0 aromatic heterocycles. The maximum Gasteiger partial charge on any atom is 0.303 e. The minimum absolute atomic E-state index is 0.0309. The molecule has 1 fully saturated rings. The summed E-state index contributed by atoms with van der Waals surface area (Å²) in [6.45, 7) is 1.64. The summed E-state index contributed by atoms with van der Waals surface area (Å²) in [5, 5.41) is 19.4. The smallest absolute Gasteiger partial charge is 0.303 e. The van der Waals surface area contributed by atoms with Gasteiger partial charge in [0, 0.05) is 35.6 Å². The van der Waals surface area contributed by atoms with E-state index in [1.54, 1.807) is 19.1 Å². The molecule has 1 aliphatic heterocycles. The number of aromatic hydroxyl groups is 1. The molecule has 2 N–H and O–H groups in total. The van der Waals surface area contributed by atoms with Crippen LogP contribution in [0.25, 0.3) is 0 Å². The Morgan fingerprint density at radius 1 is 1.16 bits per heavy atom. The number of ketones is 2. The van der Waals surface area contributed by atoms with E-state index >= 15 is 0 Å². The van der Waals surface area contributed by atoms with Gasteiger partial charge in [-0.05, 0) is 78.5 Å². The molecule has 2 amide bonds. The fourth-order valence-corrected chi connectivity index (χ4v) is 6.96. The molecule has 1 aromatic carbocycles. The van der Waals surface area contributed by atoms with E-state index in [0.717, 1.165) is 5.57 Å². The number of fused-ring (bicyclic) bond motifs is 3. The summed E-state index contributed by atoms with van der Waals surface area (Å²) >= 11 is 1.98. The van der Waals surface area contributed by atoms with Gasteiger partial charge in [0.15, 0.2) is 23.1 Å². The number of nitrogens with zero attached hydrogens (tertiary/aromatic N) is 1. The van der Waals surface area contributed by atoms with Crippen LogP contribution in [0.1, 0.15) is 44.1 Å². The molecular formula is C28H26INO8. The van der Waals surface area contributed by atoms with Crippen LogP contribution in [-0.4, -0.2) is 58.1 Å². The number of imide groups is 1. The van der Waals surface area contributed by atoms with Crippen LogP contribution in [0.2, 0.25) is 0 Å². The normalized spacial score (nSPS) is 26.6. The molecule has 198 valence electrons. The van der Waals surface area contributed by atoms with E-state index in [1.807, 2.05) is 28.7 Å². The lowest BCUT2D eigenvalue weighted by Crippen LogP contribution is -2.40. The maximum atomic E-state index is 13.6. The topological polar surface area (TPSA) is 138 Å². The number of carbonyl (C=O) groups excluding carboxylic acids is 4. The Morgan fingerprint density at radius 3 is 2.58 bits per heavy atom. The number of aliphatic carboxylic acids is 1. The molecule has 0 bridgehead atoms. The van der Waals surface area contributed by atoms with Crippen molar-refractivity contribution in [3.8, 4) is 11.5 Å². The lowest BCUT2D eigenvalue weighted by Gasteiger charge is -2.42. The summed E-state index contributed by atoms with van der Waals surface area (Å²) in [5.74, 6) is -4.41. The Balaban J connectivity index is 1.61. The first-order valence-electron chi connectivity index (χ1n) is 12.4. The van der Waals surface area contributed by atoms with E-state index in [9.17, 15) is 29.1 Å². The molecule has 4 atom stereocenters. The molecular weight excluding hydrogens is 605 g/mol. The first-order chi connectivity index (χ1) is 18.0. The van der Waals surface area contributed by atoms with Crippen LogP contribution in [0.15, 0.2) is 46.6 Å². The molecule has 1 saturated heterocycles. The minimum atomic E-state index is -0.997. The Kier molecular flexibility index (Phi) is 6.79. The second-order valence-electron chi connectivity index (χ2n) is 10.1. The highest BCUT2D eigenvalue weighted by atomic mass is 127. The van der Waals surface area contributed by atoms with E-state index in [0.29, 0.717) is 32.3 Å². The van der Waals surface area contributed by atoms with E-state index in [-0.39, 0.29) is 60.7 Å². The number of likely N-dealkylation sites (tertiary alicyclic amines) is 1. The fourth-order valence-electron chi connectivity index (χ4n) is 6.33. The van der Waals surface area contributed by atoms with Gasteiger partial charge < -0.3 is 14.9 Å². The van der Waals surface area contributed by atoms with Gasteiger partial charge in [-0.25, -0.2) is 0 Å². The minimum Gasteiger partial charge on any atom is -0.504 e. The SMILES string of the molecule is COc1cc(C2C3=CCC4C(=O)N(CCCC(=O)O)C(=O)C4C3CC3=C2C(=O)C(C)=CC3=O)cc(I)c1O. The zero-order chi connectivity index (χ0) is 27.5. The van der Waals surface area contributed by atoms with Crippen LogP contribution in [0, 0.1) is 21.3 Å². The Hall–Kier alpha value is -3.28. The third-order valence-corrected chi connectivity index (χ3v) is 8.85. The molecule has 3 aliphatic carbocycles. The maximum absolute atomic E-state index is 13.6. The van der Waals surface area contributed by atoms with Gasteiger partial charge in [-0.15, -0.1) is 0 Å². The average molecular weight is 631 g/mol. The molecule has 1 aromatic rings. The number of hydrogen-bond donors (Lipinski definition) is 2. The van der Waals surface area contributed by atoms with Crippen LogP contribution < -0.4 is 4.74 Å². The summed E-state index contributed by atoms with van der Waals surface area (Å²) in [5.41, 5.74) is 2.51. The Morgan fingerprint density at radius 2 is 1.89 bits per heavy atom. The summed E-state index contributed by atoms with van der Waals surface area (Å²) < 4.78 is 5.87. The van der Waals surface area contributed by atoms with Crippen LogP contribution in [0.5, 0.6) is 11.5 Å². The van der Waals surface area contributed by atoms with Crippen molar-refractivity contribution < 1.29 is 38.9 Å². The second kappa shape index (κ2) is 9.79. The van der Waals surface area contributed by atoms with Gasteiger partial charge in [0.1, 0.15) is 0 Å². The summed E-state index contributed by atoms with van der Waals surface area (Å²) in [6.07, 6.45) is 3.73. The number of phenols is 1. The van der Waals surface area contributed by atoms with E-state index in [2.05, 4.69) is 0 Å². The number of hydrogen-bond acceptors (Lipinski definition) is 7. The lowest BCUT2D eigenvalue weighted by atomic mass is 9.59. The number of carboxylic acids is 1. The van der Waals surface area contributed by atoms with Crippen molar-refractivity contribution in [3.63, 3.8) is 0 Å². The molecule has 4 unspecified atom stereocenters. The Labute approximate surface area is 232 Å². The number of halogens is 1. The number of allylic oxidation sites excluding steroid dienone is 6. The number of phenolic OH excluding ortho intramolecular Hbond substituents is 1. The largest absolute Gasteiger partial charge is 0.504 e. The van der Waals surface area contributed by atoms with E-state index in [4.69, 9.17) is 9.84 Å². The summed E-state index contributed by atoms with van der Waals surface area (Å²) in [7, 11) is 1.43. The molecule has 4 aliphatic rings. The highest BCUT2D eigenvalue weighted by molar-refractivity contribution is 14.1. The molecule has 0 radical (unpaired) electrons. The monoisotopic (exact) mass is 631 g/mol. The number of benzene rings is 1. The number of methoxy groups -OCH3 is 1. The molecule has 38 heavy (non-hydrogen) atoms. The van der Waals surface area contributed by atoms with Crippen molar-refractivity contribution in [1.82, 2.24) is 4.90 Å². The first-order valence-corrected chi connectivity index (χ1v) is 13.5. The van der Waals surface area contributed by atoms with Crippen LogP contribution in [0.4, 0.5) is 0 Å². The second-order valence-corrected chi connectivity index (χ2v) is 11.3. The fraction of sp³-hybridized carbons (Fsp3) is 0.393. The number of amides is 2. The number of carbonyl (C=O) groups is 5. The van der Waals surface area contributed by atoms with Gasteiger partial charge in [0.25, 0.3) is 0 Å². The molecule has 0 spiro atoms. The average Bonchev–Trinajstić information content (AvgIpc) is 3.12. The quantitative estimate of drug-likeness (QED) is 0.211. The van der Waals surface area contributed by atoms with Crippen molar-refractivity contribution in [2.45, 2.75) is 38.5 Å². The lowest BCUT2D eigenvalue weighted by molar-refractivity contribution is -0.142. The number of carboxylic acid groups (broad SMARTS) is 1. The number of ether oxygens (including phenoxy) is 1. The van der Waals surface area contributed by atoms with E-state index in [1.165, 1.54) is 18.1 Å². The predicted octanol–water partition coefficient (Wildman–Crippen LogP) is 3.30. The molecule has 1 heterocycles. The van der Waals surface area contributed by atoms with Crippen molar-refractivity contribution in [1.29, 1.82) is 0 Å². The third kappa shape index (κ3) is 4.09. The van der Waals surface area contributed by atoms with Gasteiger partial charge in [0.2, 0.25) is 11.8 Å². The van der Waals surface area contributed by atoms with Crippen molar-refractivity contribution in [2.24, 2.45) is 17.8 Å². The van der Waals surface area contributed by atoms with Crippen LogP contribution >= 0.6 is 22.6 Å². The Bertz CT molecular complexity index is 1400. The van der Waals surface area contributed by atoms with Gasteiger partial charge in [-0.3, -0.25) is 28.9 Å². The van der Waals surface area contributed by atoms with Gasteiger partial charge in [0.05, 0.1) is 22.5 Å². The summed E-state index contributed by atoms with van der Waals surface area (Å²) in [6, 6.07) is 3.39. The van der Waals surface area contributed by atoms with Crippen LogP contribution in [-0.2, 0) is 24.0 Å². The molecule has 9 nitrogen and oxygen atoms in total. The van der Waals surface area contributed by atoms with Crippen molar-refractivity contribution in [2.75, 3.05) is 13.7 Å². The summed E-state index contributed by atoms with van der Waals surface area (Å²) in [4.78, 5) is 65.6. The molecule has 5 rings (SSSR count). The highest BCUT2D eigenvalue weighted by Crippen LogP contribution is 2.55. The predicted molar refractivity (Wildman–Crippen MR) is 142 cm³/mol. The van der Waals surface area contributed by atoms with E-state index < -0.39 is 29.6 Å². The van der Waals surface area contributed by atoms with Gasteiger partial charge in [-0.1, -0.05) is 11.6 Å². The first kappa shape index (κ1) is 26.3. The zero-order valence-corrected chi connectivity index (χ0v) is 23.0. The third-order valence-electron chi connectivity index (χ3n) is 8.03. The molecule has 0 saturated carbocycles. The van der Waals surface area contributed by atoms with Crippen molar-refractivity contribution >= 4 is 51.9 Å². The standard InChI is InChI=1S/C28H26INO8/c1-12-8-19(31)17-11-16-14(5-6-15-23(16)28(37)30(27(15)36)7-3-4-21(32)33)22(24(17)25(12)34)13-9-18(29)26(35)20(10-13)38-2/h5,8-10,15-16,22-23,35H,3-4,6-7,11H2,1-2H3,(H,32,33). The van der Waals surface area contributed by atoms with Gasteiger partial charge in [-0.2, -0.15) is 0 Å². The highest BCUT2D eigenvalue weighted by Gasteiger charge is 2.56. The van der Waals surface area contributed by atoms with Crippen LogP contribution in [0.3, 0.4) is 0 Å². The number of Topliss-reactive ketones (excluding diaryl/α,β-unsaturated/α-hetero) is 1. The number of rotatable bonds is 6. The van der Waals surface area contributed by atoms with Crippen molar-refractivity contribution in [3.05, 3.63) is 55.7 Å². The van der Waals surface area contributed by atoms with Gasteiger partial charge >= 0.3 is 5.97 Å².